The number of nitrogen functional groups attached to an aromatic ring is 1. The van der Waals surface area contributed by atoms with E-state index in [0.29, 0.717) is 29.9 Å². The van der Waals surface area contributed by atoms with Gasteiger partial charge in [-0.1, -0.05) is 59.1 Å². The number of hydrogen-bond donors (Lipinski definition) is 2. The van der Waals surface area contributed by atoms with Gasteiger partial charge >= 0.3 is 0 Å². The third-order valence-electron chi connectivity index (χ3n) is 7.66. The Morgan fingerprint density at radius 2 is 1.76 bits per heavy atom. The Labute approximate surface area is 249 Å². The second-order valence-corrected chi connectivity index (χ2v) is 11.4. The number of carbonyl (C=O) groups excluding carboxylic acids is 1. The van der Waals surface area contributed by atoms with Crippen molar-refractivity contribution in [2.45, 2.75) is 19.4 Å². The number of carbonyl (C=O) groups is 1. The first kappa shape index (κ1) is 27.3. The van der Waals surface area contributed by atoms with Crippen LogP contribution in [0.5, 0.6) is 0 Å². The summed E-state index contributed by atoms with van der Waals surface area (Å²) in [5, 5.41) is 4.68. The van der Waals surface area contributed by atoms with E-state index in [2.05, 4.69) is 37.2 Å². The van der Waals surface area contributed by atoms with Crippen LogP contribution in [0.25, 0.3) is 0 Å². The molecule has 8 nitrogen and oxygen atoms in total. The monoisotopic (exact) mass is 587 g/mol. The molecular formula is C31H31Cl2N7O. The summed E-state index contributed by atoms with van der Waals surface area (Å²) >= 11 is 12.2. The first-order chi connectivity index (χ1) is 19.8. The maximum atomic E-state index is 13.8. The number of hydrogen-bond acceptors (Lipinski definition) is 7. The zero-order chi connectivity index (χ0) is 28.5. The summed E-state index contributed by atoms with van der Waals surface area (Å²) in [6.07, 6.45) is 2.30. The highest BCUT2D eigenvalue weighted by Crippen LogP contribution is 2.38. The third-order valence-corrected chi connectivity index (χ3v) is 8.15. The highest BCUT2D eigenvalue weighted by Gasteiger charge is 2.39. The van der Waals surface area contributed by atoms with E-state index in [1.54, 1.807) is 6.20 Å². The van der Waals surface area contributed by atoms with Gasteiger partial charge in [0.2, 0.25) is 5.95 Å². The van der Waals surface area contributed by atoms with E-state index in [4.69, 9.17) is 28.9 Å². The molecule has 0 saturated carbocycles. The molecule has 41 heavy (non-hydrogen) atoms. The molecule has 1 amide bonds. The molecule has 2 aliphatic heterocycles. The van der Waals surface area contributed by atoms with Gasteiger partial charge < -0.3 is 16.0 Å². The summed E-state index contributed by atoms with van der Waals surface area (Å²) < 4.78 is 0. The smallest absolute Gasteiger partial charge is 0.255 e. The number of fused-ring (bicyclic) bond motifs is 1. The summed E-state index contributed by atoms with van der Waals surface area (Å²) in [6, 6.07) is 21.1. The minimum Gasteiger partial charge on any atom is -0.383 e. The quantitative estimate of drug-likeness (QED) is 0.293. The summed E-state index contributed by atoms with van der Waals surface area (Å²) in [7, 11) is 0. The summed E-state index contributed by atoms with van der Waals surface area (Å²) in [6.45, 7) is 5.94. The average Bonchev–Trinajstić information content (AvgIpc) is 3.21. The van der Waals surface area contributed by atoms with Crippen LogP contribution in [-0.4, -0.2) is 53.6 Å². The molecule has 6 rings (SSSR count). The molecule has 0 spiro atoms. The summed E-state index contributed by atoms with van der Waals surface area (Å²) in [4.78, 5) is 29.3. The van der Waals surface area contributed by atoms with Crippen LogP contribution in [0.3, 0.4) is 0 Å². The Morgan fingerprint density at radius 3 is 2.49 bits per heavy atom. The van der Waals surface area contributed by atoms with E-state index in [0.717, 1.165) is 64.8 Å². The van der Waals surface area contributed by atoms with Gasteiger partial charge in [-0.05, 0) is 48.9 Å². The van der Waals surface area contributed by atoms with Crippen LogP contribution in [0.15, 0.2) is 72.9 Å². The van der Waals surface area contributed by atoms with Crippen molar-refractivity contribution in [2.75, 3.05) is 53.7 Å². The molecule has 1 aromatic heterocycles. The highest BCUT2D eigenvalue weighted by molar-refractivity contribution is 6.31. The number of amides is 1. The van der Waals surface area contributed by atoms with Gasteiger partial charge in [-0.3, -0.25) is 14.6 Å². The third kappa shape index (κ3) is 5.95. The number of halogens is 2. The standard InChI is InChI=1S/C31H31Cl2N7O/c1-20-5-10-27-26(15-20)28(36-31-35-18-22(29(34)37-31)16-21-6-8-23(32)9-7-21)30(41)40(27)19-38-11-13-39(14-12-38)25-4-2-3-24(33)17-25/h2-10,15,17-18,28H,11-14,16,19H2,1H3,(H3,34,35,36,37). The van der Waals surface area contributed by atoms with E-state index < -0.39 is 6.04 Å². The molecular weight excluding hydrogens is 557 g/mol. The number of benzene rings is 3. The molecule has 1 unspecified atom stereocenters. The molecule has 4 aromatic rings. The molecule has 3 heterocycles. The second-order valence-electron chi connectivity index (χ2n) is 10.5. The van der Waals surface area contributed by atoms with Crippen molar-refractivity contribution in [3.63, 3.8) is 0 Å². The van der Waals surface area contributed by atoms with Crippen molar-refractivity contribution in [1.29, 1.82) is 0 Å². The zero-order valence-corrected chi connectivity index (χ0v) is 24.2. The number of rotatable bonds is 7. The molecule has 1 saturated heterocycles. The van der Waals surface area contributed by atoms with Crippen molar-refractivity contribution in [2.24, 2.45) is 0 Å². The first-order valence-corrected chi connectivity index (χ1v) is 14.4. The number of piperazine rings is 1. The molecule has 1 fully saturated rings. The van der Waals surface area contributed by atoms with Gasteiger partial charge in [-0.15, -0.1) is 0 Å². The summed E-state index contributed by atoms with van der Waals surface area (Å²) in [5.74, 6) is 0.669. The van der Waals surface area contributed by atoms with Crippen molar-refractivity contribution in [3.8, 4) is 0 Å². The largest absolute Gasteiger partial charge is 0.383 e. The second kappa shape index (κ2) is 11.6. The lowest BCUT2D eigenvalue weighted by Crippen LogP contribution is -2.51. The zero-order valence-electron chi connectivity index (χ0n) is 22.7. The van der Waals surface area contributed by atoms with Crippen LogP contribution in [0.1, 0.15) is 28.3 Å². The van der Waals surface area contributed by atoms with E-state index in [9.17, 15) is 4.79 Å². The number of anilines is 4. The fourth-order valence-corrected chi connectivity index (χ4v) is 5.75. The van der Waals surface area contributed by atoms with Crippen molar-refractivity contribution in [1.82, 2.24) is 14.9 Å². The van der Waals surface area contributed by atoms with Gasteiger partial charge in [0.1, 0.15) is 11.9 Å². The van der Waals surface area contributed by atoms with Crippen molar-refractivity contribution in [3.05, 3.63) is 105 Å². The van der Waals surface area contributed by atoms with E-state index >= 15 is 0 Å². The number of nitrogens with zero attached hydrogens (tertiary/aromatic N) is 5. The van der Waals surface area contributed by atoms with Gasteiger partial charge in [-0.2, -0.15) is 4.98 Å². The maximum Gasteiger partial charge on any atom is 0.255 e. The number of nitrogens with two attached hydrogens (primary N) is 1. The van der Waals surface area contributed by atoms with E-state index in [-0.39, 0.29) is 5.91 Å². The molecule has 3 aromatic carbocycles. The van der Waals surface area contributed by atoms with E-state index in [1.165, 1.54) is 0 Å². The molecule has 10 heteroatoms. The topological polar surface area (TPSA) is 90.6 Å². The minimum absolute atomic E-state index is 0.0321. The lowest BCUT2D eigenvalue weighted by molar-refractivity contribution is -0.119. The van der Waals surface area contributed by atoms with Crippen LogP contribution in [0.4, 0.5) is 23.1 Å². The fourth-order valence-electron chi connectivity index (χ4n) is 5.44. The van der Waals surface area contributed by atoms with Crippen LogP contribution >= 0.6 is 23.2 Å². The highest BCUT2D eigenvalue weighted by atomic mass is 35.5. The van der Waals surface area contributed by atoms with Gasteiger partial charge in [-0.25, -0.2) is 4.98 Å². The van der Waals surface area contributed by atoms with Crippen LogP contribution in [0.2, 0.25) is 10.0 Å². The van der Waals surface area contributed by atoms with Crippen LogP contribution < -0.4 is 20.9 Å². The fraction of sp³-hybridized carbons (Fsp3) is 0.258. The molecule has 1 atom stereocenters. The number of aromatic nitrogens is 2. The number of aryl methyl sites for hydroxylation is 1. The van der Waals surface area contributed by atoms with Gasteiger partial charge in [0.25, 0.3) is 5.91 Å². The van der Waals surface area contributed by atoms with Crippen LogP contribution in [0, 0.1) is 6.92 Å². The Morgan fingerprint density at radius 1 is 0.976 bits per heavy atom. The lowest BCUT2D eigenvalue weighted by Gasteiger charge is -2.38. The Balaban J connectivity index is 1.15. The minimum atomic E-state index is -0.598. The Bertz CT molecular complexity index is 1570. The number of nitrogens with one attached hydrogen (secondary N) is 1. The van der Waals surface area contributed by atoms with Gasteiger partial charge in [0, 0.05) is 65.7 Å². The van der Waals surface area contributed by atoms with Crippen molar-refractivity contribution < 1.29 is 4.79 Å². The van der Waals surface area contributed by atoms with Crippen LogP contribution in [-0.2, 0) is 11.2 Å². The molecule has 0 radical (unpaired) electrons. The molecule has 210 valence electrons. The predicted molar refractivity (Wildman–Crippen MR) is 166 cm³/mol. The SMILES string of the molecule is Cc1ccc2c(c1)C(Nc1ncc(Cc3ccc(Cl)cc3)c(N)n1)C(=O)N2CN1CCN(c2cccc(Cl)c2)CC1. The van der Waals surface area contributed by atoms with Crippen molar-refractivity contribution >= 4 is 52.3 Å². The van der Waals surface area contributed by atoms with E-state index in [1.807, 2.05) is 66.4 Å². The Hall–Kier alpha value is -3.85. The molecule has 2 aliphatic rings. The molecule has 0 aliphatic carbocycles. The predicted octanol–water partition coefficient (Wildman–Crippen LogP) is 5.54. The molecule has 0 bridgehead atoms. The maximum absolute atomic E-state index is 13.8. The first-order valence-electron chi connectivity index (χ1n) is 13.6. The van der Waals surface area contributed by atoms with Gasteiger partial charge in [0.15, 0.2) is 0 Å². The molecule has 3 N–H and O–H groups in total. The summed E-state index contributed by atoms with van der Waals surface area (Å²) in [5.41, 5.74) is 12.2. The van der Waals surface area contributed by atoms with Gasteiger partial charge in [0.05, 0.1) is 12.4 Å². The lowest BCUT2D eigenvalue weighted by atomic mass is 10.1. The average molecular weight is 589 g/mol. The normalized spacial score (nSPS) is 17.1. The Kier molecular flexibility index (Phi) is 7.71.